The second-order valence-electron chi connectivity index (χ2n) is 5.62. The van der Waals surface area contributed by atoms with Crippen molar-refractivity contribution < 1.29 is 9.18 Å². The van der Waals surface area contributed by atoms with Gasteiger partial charge in [-0.1, -0.05) is 6.92 Å². The summed E-state index contributed by atoms with van der Waals surface area (Å²) in [5.74, 6) is -0.112. The Balaban J connectivity index is 1.68. The maximum Gasteiger partial charge on any atom is 0.274 e. The first-order chi connectivity index (χ1) is 11.7. The molecule has 0 spiro atoms. The molecule has 1 aromatic carbocycles. The number of anilines is 2. The van der Waals surface area contributed by atoms with Gasteiger partial charge in [-0.05, 0) is 36.9 Å². The summed E-state index contributed by atoms with van der Waals surface area (Å²) in [6, 6.07) is 7.20. The predicted octanol–water partition coefficient (Wildman–Crippen LogP) is 2.01. The van der Waals surface area contributed by atoms with Gasteiger partial charge in [-0.3, -0.25) is 4.79 Å². The molecule has 1 fully saturated rings. The molecular formula is C17H20FN5O. The fourth-order valence-corrected chi connectivity index (χ4v) is 2.62. The molecule has 1 N–H and O–H groups in total. The van der Waals surface area contributed by atoms with E-state index in [9.17, 15) is 9.18 Å². The van der Waals surface area contributed by atoms with Crippen molar-refractivity contribution in [2.45, 2.75) is 6.92 Å². The van der Waals surface area contributed by atoms with E-state index in [0.717, 1.165) is 32.7 Å². The van der Waals surface area contributed by atoms with Crippen molar-refractivity contribution in [3.63, 3.8) is 0 Å². The molecule has 1 aliphatic heterocycles. The fourth-order valence-electron chi connectivity index (χ4n) is 2.62. The Labute approximate surface area is 140 Å². The third-order valence-corrected chi connectivity index (χ3v) is 4.08. The topological polar surface area (TPSA) is 61.4 Å². The summed E-state index contributed by atoms with van der Waals surface area (Å²) in [5.41, 5.74) is 0.820. The highest BCUT2D eigenvalue weighted by molar-refractivity contribution is 6.02. The van der Waals surface area contributed by atoms with E-state index in [1.165, 1.54) is 24.3 Å². The number of halogens is 1. The van der Waals surface area contributed by atoms with Crippen LogP contribution in [0.15, 0.2) is 36.5 Å². The summed E-state index contributed by atoms with van der Waals surface area (Å²) < 4.78 is 12.9. The molecule has 0 aliphatic carbocycles. The standard InChI is InChI=1S/C17H20FN5O/c1-2-22-9-11-23(12-10-22)17-19-8-7-15(21-17)16(24)20-14-5-3-13(18)4-6-14/h3-8H,2,9-12H2,1H3,(H,20,24). The average molecular weight is 329 g/mol. The Kier molecular flexibility index (Phi) is 5.00. The molecule has 3 rings (SSSR count). The number of benzene rings is 1. The Bertz CT molecular complexity index is 698. The van der Waals surface area contributed by atoms with Gasteiger partial charge in [0.1, 0.15) is 11.5 Å². The highest BCUT2D eigenvalue weighted by Gasteiger charge is 2.19. The molecule has 1 aliphatic rings. The monoisotopic (exact) mass is 329 g/mol. The number of aromatic nitrogens is 2. The van der Waals surface area contributed by atoms with Crippen molar-refractivity contribution in [3.05, 3.63) is 48.0 Å². The molecule has 6 nitrogen and oxygen atoms in total. The van der Waals surface area contributed by atoms with Crippen LogP contribution in [0.2, 0.25) is 0 Å². The second kappa shape index (κ2) is 7.35. The molecular weight excluding hydrogens is 309 g/mol. The zero-order valence-electron chi connectivity index (χ0n) is 13.6. The lowest BCUT2D eigenvalue weighted by Gasteiger charge is -2.34. The fraction of sp³-hybridized carbons (Fsp3) is 0.353. The van der Waals surface area contributed by atoms with E-state index in [1.807, 2.05) is 0 Å². The first-order valence-electron chi connectivity index (χ1n) is 8.03. The quantitative estimate of drug-likeness (QED) is 0.930. The molecule has 1 saturated heterocycles. The van der Waals surface area contributed by atoms with Crippen LogP contribution in [0.4, 0.5) is 16.0 Å². The molecule has 2 heterocycles. The number of nitrogens with zero attached hydrogens (tertiary/aromatic N) is 4. The van der Waals surface area contributed by atoms with Gasteiger partial charge in [0.05, 0.1) is 0 Å². The van der Waals surface area contributed by atoms with Crippen LogP contribution in [-0.4, -0.2) is 53.5 Å². The Hall–Kier alpha value is -2.54. The van der Waals surface area contributed by atoms with Gasteiger partial charge in [-0.2, -0.15) is 0 Å². The molecule has 1 amide bonds. The third-order valence-electron chi connectivity index (χ3n) is 4.08. The largest absolute Gasteiger partial charge is 0.338 e. The summed E-state index contributed by atoms with van der Waals surface area (Å²) in [6.07, 6.45) is 1.59. The van der Waals surface area contributed by atoms with Gasteiger partial charge in [0, 0.05) is 38.1 Å². The zero-order chi connectivity index (χ0) is 16.9. The van der Waals surface area contributed by atoms with Crippen LogP contribution in [0, 0.1) is 5.82 Å². The zero-order valence-corrected chi connectivity index (χ0v) is 13.6. The lowest BCUT2D eigenvalue weighted by atomic mass is 10.3. The van der Waals surface area contributed by atoms with Crippen molar-refractivity contribution in [1.82, 2.24) is 14.9 Å². The summed E-state index contributed by atoms with van der Waals surface area (Å²) in [4.78, 5) is 25.4. The first kappa shape index (κ1) is 16.3. The minimum Gasteiger partial charge on any atom is -0.338 e. The highest BCUT2D eigenvalue weighted by Crippen LogP contribution is 2.13. The summed E-state index contributed by atoms with van der Waals surface area (Å²) in [6.45, 7) is 6.80. The van der Waals surface area contributed by atoms with Crippen molar-refractivity contribution in [2.24, 2.45) is 0 Å². The molecule has 0 unspecified atom stereocenters. The van der Waals surface area contributed by atoms with Crippen LogP contribution >= 0.6 is 0 Å². The van der Waals surface area contributed by atoms with Crippen LogP contribution in [0.3, 0.4) is 0 Å². The van der Waals surface area contributed by atoms with Gasteiger partial charge in [-0.15, -0.1) is 0 Å². The van der Waals surface area contributed by atoms with E-state index in [0.29, 0.717) is 17.3 Å². The maximum atomic E-state index is 12.9. The molecule has 0 radical (unpaired) electrons. The maximum absolute atomic E-state index is 12.9. The molecule has 1 aromatic heterocycles. The normalized spacial score (nSPS) is 15.3. The molecule has 0 saturated carbocycles. The second-order valence-corrected chi connectivity index (χ2v) is 5.62. The number of carbonyl (C=O) groups excluding carboxylic acids is 1. The molecule has 2 aromatic rings. The van der Waals surface area contributed by atoms with Crippen molar-refractivity contribution in [1.29, 1.82) is 0 Å². The molecule has 126 valence electrons. The van der Waals surface area contributed by atoms with Gasteiger partial charge in [0.25, 0.3) is 5.91 Å². The predicted molar refractivity (Wildman–Crippen MR) is 90.7 cm³/mol. The lowest BCUT2D eigenvalue weighted by molar-refractivity contribution is 0.102. The third kappa shape index (κ3) is 3.86. The SMILES string of the molecule is CCN1CCN(c2nccc(C(=O)Nc3ccc(F)cc3)n2)CC1. The number of rotatable bonds is 4. The van der Waals surface area contributed by atoms with Gasteiger partial charge >= 0.3 is 0 Å². The van der Waals surface area contributed by atoms with Crippen LogP contribution in [-0.2, 0) is 0 Å². The summed E-state index contributed by atoms with van der Waals surface area (Å²) in [7, 11) is 0. The minimum atomic E-state index is -0.344. The first-order valence-corrected chi connectivity index (χ1v) is 8.03. The van der Waals surface area contributed by atoms with Crippen LogP contribution in [0.5, 0.6) is 0 Å². The van der Waals surface area contributed by atoms with Gasteiger partial charge in [0.15, 0.2) is 0 Å². The minimum absolute atomic E-state index is 0.294. The van der Waals surface area contributed by atoms with Crippen molar-refractivity contribution in [2.75, 3.05) is 42.9 Å². The molecule has 0 atom stereocenters. The van der Waals surface area contributed by atoms with Crippen LogP contribution in [0.25, 0.3) is 0 Å². The van der Waals surface area contributed by atoms with E-state index in [2.05, 4.69) is 32.0 Å². The molecule has 7 heteroatoms. The lowest BCUT2D eigenvalue weighted by Crippen LogP contribution is -2.46. The summed E-state index contributed by atoms with van der Waals surface area (Å²) >= 11 is 0. The smallest absolute Gasteiger partial charge is 0.274 e. The summed E-state index contributed by atoms with van der Waals surface area (Å²) in [5, 5.41) is 2.71. The Morgan fingerprint density at radius 3 is 2.54 bits per heavy atom. The number of piperazine rings is 1. The van der Waals surface area contributed by atoms with Gasteiger partial charge < -0.3 is 15.1 Å². The van der Waals surface area contributed by atoms with Crippen molar-refractivity contribution >= 4 is 17.5 Å². The van der Waals surface area contributed by atoms with Crippen LogP contribution in [0.1, 0.15) is 17.4 Å². The van der Waals surface area contributed by atoms with E-state index in [4.69, 9.17) is 0 Å². The number of amides is 1. The molecule has 0 bridgehead atoms. The number of likely N-dealkylation sites (N-methyl/N-ethyl adjacent to an activating group) is 1. The number of nitrogens with one attached hydrogen (secondary N) is 1. The Morgan fingerprint density at radius 2 is 1.88 bits per heavy atom. The van der Waals surface area contributed by atoms with Gasteiger partial charge in [-0.25, -0.2) is 14.4 Å². The van der Waals surface area contributed by atoms with Gasteiger partial charge in [0.2, 0.25) is 5.95 Å². The van der Waals surface area contributed by atoms with E-state index in [-0.39, 0.29) is 11.7 Å². The Morgan fingerprint density at radius 1 is 1.17 bits per heavy atom. The number of hydrogen-bond acceptors (Lipinski definition) is 5. The van der Waals surface area contributed by atoms with E-state index < -0.39 is 0 Å². The van der Waals surface area contributed by atoms with Crippen LogP contribution < -0.4 is 10.2 Å². The van der Waals surface area contributed by atoms with E-state index in [1.54, 1.807) is 12.3 Å². The van der Waals surface area contributed by atoms with E-state index >= 15 is 0 Å². The van der Waals surface area contributed by atoms with Crippen molar-refractivity contribution in [3.8, 4) is 0 Å². The number of hydrogen-bond donors (Lipinski definition) is 1. The average Bonchev–Trinajstić information content (AvgIpc) is 2.64. The highest BCUT2D eigenvalue weighted by atomic mass is 19.1. The number of carbonyl (C=O) groups is 1. The molecule has 24 heavy (non-hydrogen) atoms.